The number of likely N-dealkylation sites (tertiary alicyclic amines) is 1. The smallest absolute Gasteiger partial charge is 0.338 e. The van der Waals surface area contributed by atoms with E-state index in [9.17, 15) is 18.0 Å². The van der Waals surface area contributed by atoms with Crippen LogP contribution >= 0.6 is 0 Å². The average Bonchev–Trinajstić information content (AvgIpc) is 3.15. The van der Waals surface area contributed by atoms with Crippen LogP contribution in [0.25, 0.3) is 5.65 Å². The maximum absolute atomic E-state index is 13.3. The number of allylic oxidation sites excluding steroid dienone is 2. The van der Waals surface area contributed by atoms with Gasteiger partial charge >= 0.3 is 6.18 Å². The van der Waals surface area contributed by atoms with Crippen molar-refractivity contribution >= 4 is 11.6 Å². The van der Waals surface area contributed by atoms with Gasteiger partial charge in [-0.3, -0.25) is 4.79 Å². The Balaban J connectivity index is 1.68. The van der Waals surface area contributed by atoms with Gasteiger partial charge in [-0.1, -0.05) is 11.6 Å². The van der Waals surface area contributed by atoms with Gasteiger partial charge < -0.3 is 4.90 Å². The lowest BCUT2D eigenvalue weighted by Crippen LogP contribution is -2.29. The summed E-state index contributed by atoms with van der Waals surface area (Å²) in [5.41, 5.74) is 0.709. The van der Waals surface area contributed by atoms with Crippen LogP contribution < -0.4 is 0 Å². The quantitative estimate of drug-likeness (QED) is 0.728. The molecule has 2 aromatic heterocycles. The Kier molecular flexibility index (Phi) is 3.82. The number of halogens is 3. The Bertz CT molecular complexity index is 915. The van der Waals surface area contributed by atoms with Crippen molar-refractivity contribution in [2.75, 3.05) is 13.1 Å². The van der Waals surface area contributed by atoms with Gasteiger partial charge in [-0.15, -0.1) is 0 Å². The van der Waals surface area contributed by atoms with Gasteiger partial charge in [0, 0.05) is 18.8 Å². The van der Waals surface area contributed by atoms with E-state index in [0.717, 1.165) is 23.4 Å². The molecule has 0 spiro atoms. The van der Waals surface area contributed by atoms with E-state index in [1.807, 2.05) is 0 Å². The lowest BCUT2D eigenvalue weighted by Gasteiger charge is -2.21. The number of alkyl halides is 3. The Morgan fingerprint density at radius 2 is 1.96 bits per heavy atom. The third-order valence-corrected chi connectivity index (χ3v) is 5.34. The molecule has 4 rings (SSSR count). The van der Waals surface area contributed by atoms with Crippen LogP contribution in [-0.2, 0) is 6.18 Å². The highest BCUT2D eigenvalue weighted by Crippen LogP contribution is 2.36. The normalized spacial score (nSPS) is 23.3. The van der Waals surface area contributed by atoms with E-state index in [-0.39, 0.29) is 22.8 Å². The lowest BCUT2D eigenvalue weighted by atomic mass is 9.83. The third-order valence-electron chi connectivity index (χ3n) is 5.34. The second kappa shape index (κ2) is 5.82. The van der Waals surface area contributed by atoms with Gasteiger partial charge in [0.2, 0.25) is 0 Å². The first-order chi connectivity index (χ1) is 12.2. The summed E-state index contributed by atoms with van der Waals surface area (Å²) in [6.07, 6.45) is 0.767. The molecule has 1 aliphatic carbocycles. The highest BCUT2D eigenvalue weighted by Gasteiger charge is 2.39. The summed E-state index contributed by atoms with van der Waals surface area (Å²) in [5, 5.41) is 3.80. The van der Waals surface area contributed by atoms with Crippen LogP contribution in [0.2, 0.25) is 0 Å². The molecule has 1 aliphatic heterocycles. The van der Waals surface area contributed by atoms with E-state index in [2.05, 4.69) is 23.1 Å². The van der Waals surface area contributed by atoms with E-state index in [4.69, 9.17) is 0 Å². The second-order valence-electron chi connectivity index (χ2n) is 7.29. The molecule has 0 bridgehead atoms. The summed E-state index contributed by atoms with van der Waals surface area (Å²) in [7, 11) is 0. The molecule has 26 heavy (non-hydrogen) atoms. The van der Waals surface area contributed by atoms with Crippen molar-refractivity contribution in [1.82, 2.24) is 19.5 Å². The molecule has 0 saturated carbocycles. The summed E-state index contributed by atoms with van der Waals surface area (Å²) in [4.78, 5) is 18.8. The number of nitrogens with zero attached hydrogens (tertiary/aromatic N) is 4. The Labute approximate surface area is 148 Å². The number of hydrogen-bond donors (Lipinski definition) is 0. The fourth-order valence-corrected chi connectivity index (χ4v) is 4.06. The molecule has 1 amide bonds. The first-order valence-corrected chi connectivity index (χ1v) is 8.61. The molecule has 2 atom stereocenters. The molecule has 2 aromatic rings. The van der Waals surface area contributed by atoms with E-state index in [1.165, 1.54) is 18.7 Å². The highest BCUT2D eigenvalue weighted by molar-refractivity contribution is 5.99. The molecule has 138 valence electrons. The SMILES string of the molecule is CC1=CC[C@@H]2CN(C(=O)c3cnn4c(C(F)(F)F)cc(C)nc34)C[C@@H]2C1. The number of carbonyl (C=O) groups is 1. The topological polar surface area (TPSA) is 50.5 Å². The summed E-state index contributed by atoms with van der Waals surface area (Å²) in [5.74, 6) is 0.550. The molecule has 1 saturated heterocycles. The fraction of sp³-hybridized carbons (Fsp3) is 0.500. The zero-order valence-electron chi connectivity index (χ0n) is 14.5. The molecule has 2 aliphatic rings. The van der Waals surface area contributed by atoms with Crippen molar-refractivity contribution in [3.8, 4) is 0 Å². The summed E-state index contributed by atoms with van der Waals surface area (Å²) >= 11 is 0. The van der Waals surface area contributed by atoms with Crippen LogP contribution in [0.3, 0.4) is 0 Å². The van der Waals surface area contributed by atoms with Gasteiger partial charge in [0.15, 0.2) is 5.65 Å². The third kappa shape index (κ3) is 2.77. The number of amides is 1. The van der Waals surface area contributed by atoms with E-state index in [1.54, 1.807) is 4.90 Å². The first kappa shape index (κ1) is 17.1. The van der Waals surface area contributed by atoms with E-state index in [0.29, 0.717) is 24.9 Å². The molecule has 1 fully saturated rings. The molecule has 0 radical (unpaired) electrons. The van der Waals surface area contributed by atoms with Gasteiger partial charge in [0.05, 0.1) is 6.20 Å². The molecular formula is C18H19F3N4O. The molecule has 0 unspecified atom stereocenters. The Morgan fingerprint density at radius 1 is 1.23 bits per heavy atom. The lowest BCUT2D eigenvalue weighted by molar-refractivity contribution is -0.142. The van der Waals surface area contributed by atoms with Crippen LogP contribution in [0.15, 0.2) is 23.9 Å². The minimum Gasteiger partial charge on any atom is -0.338 e. The van der Waals surface area contributed by atoms with Crippen molar-refractivity contribution in [3.63, 3.8) is 0 Å². The maximum Gasteiger partial charge on any atom is 0.433 e. The van der Waals surface area contributed by atoms with Gasteiger partial charge in [-0.25, -0.2) is 9.50 Å². The van der Waals surface area contributed by atoms with Crippen LogP contribution in [0.1, 0.15) is 41.5 Å². The largest absolute Gasteiger partial charge is 0.433 e. The van der Waals surface area contributed by atoms with Crippen molar-refractivity contribution in [2.45, 2.75) is 32.9 Å². The van der Waals surface area contributed by atoms with Gasteiger partial charge in [-0.2, -0.15) is 18.3 Å². The number of aryl methyl sites for hydroxylation is 1. The minimum absolute atomic E-state index is 0.0356. The maximum atomic E-state index is 13.3. The molecule has 0 aromatic carbocycles. The van der Waals surface area contributed by atoms with Crippen LogP contribution in [0.4, 0.5) is 13.2 Å². The number of rotatable bonds is 1. The van der Waals surface area contributed by atoms with Crippen molar-refractivity contribution in [3.05, 3.63) is 40.9 Å². The van der Waals surface area contributed by atoms with Gasteiger partial charge in [-0.05, 0) is 44.6 Å². The van der Waals surface area contributed by atoms with Crippen LogP contribution in [0.5, 0.6) is 0 Å². The zero-order chi connectivity index (χ0) is 18.6. The standard InChI is InChI=1S/C18H19F3N4O/c1-10-3-4-12-8-24(9-13(12)5-10)17(26)14-7-22-25-15(18(19,20)21)6-11(2)23-16(14)25/h3,6-7,12-13H,4-5,8-9H2,1-2H3/t12-,13+/m1/s1. The Morgan fingerprint density at radius 3 is 2.69 bits per heavy atom. The van der Waals surface area contributed by atoms with Crippen LogP contribution in [-0.4, -0.2) is 38.5 Å². The summed E-state index contributed by atoms with van der Waals surface area (Å²) in [6.45, 7) is 4.83. The van der Waals surface area contributed by atoms with Crippen molar-refractivity contribution < 1.29 is 18.0 Å². The second-order valence-corrected chi connectivity index (χ2v) is 7.29. The number of carbonyl (C=O) groups excluding carboxylic acids is 1. The zero-order valence-corrected chi connectivity index (χ0v) is 14.5. The minimum atomic E-state index is -4.57. The van der Waals surface area contributed by atoms with Crippen molar-refractivity contribution in [2.24, 2.45) is 11.8 Å². The fourth-order valence-electron chi connectivity index (χ4n) is 4.06. The predicted molar refractivity (Wildman–Crippen MR) is 88.6 cm³/mol. The van der Waals surface area contributed by atoms with Gasteiger partial charge in [0.25, 0.3) is 5.91 Å². The molecule has 0 N–H and O–H groups in total. The monoisotopic (exact) mass is 364 g/mol. The number of aromatic nitrogens is 3. The Hall–Kier alpha value is -2.38. The summed E-state index contributed by atoms with van der Waals surface area (Å²) < 4.78 is 40.5. The molecule has 8 heteroatoms. The number of hydrogen-bond acceptors (Lipinski definition) is 3. The summed E-state index contributed by atoms with van der Waals surface area (Å²) in [6, 6.07) is 0.938. The first-order valence-electron chi connectivity index (χ1n) is 8.61. The molecule has 5 nitrogen and oxygen atoms in total. The van der Waals surface area contributed by atoms with E-state index < -0.39 is 11.9 Å². The highest BCUT2D eigenvalue weighted by atomic mass is 19.4. The predicted octanol–water partition coefficient (Wildman–Crippen LogP) is 3.48. The number of fused-ring (bicyclic) bond motifs is 2. The van der Waals surface area contributed by atoms with Gasteiger partial charge in [0.1, 0.15) is 11.3 Å². The van der Waals surface area contributed by atoms with Crippen LogP contribution in [0, 0.1) is 18.8 Å². The average molecular weight is 364 g/mol. The molecule has 3 heterocycles. The molecular weight excluding hydrogens is 345 g/mol. The van der Waals surface area contributed by atoms with Crippen molar-refractivity contribution in [1.29, 1.82) is 0 Å². The van der Waals surface area contributed by atoms with E-state index >= 15 is 0 Å².